The van der Waals surface area contributed by atoms with Crippen molar-refractivity contribution in [2.75, 3.05) is 13.1 Å². The van der Waals surface area contributed by atoms with Crippen molar-refractivity contribution in [3.63, 3.8) is 0 Å². The van der Waals surface area contributed by atoms with Crippen molar-refractivity contribution in [1.82, 2.24) is 15.5 Å². The fourth-order valence-electron chi connectivity index (χ4n) is 3.49. The third-order valence-corrected chi connectivity index (χ3v) is 5.12. The molecule has 2 heterocycles. The molecule has 0 radical (unpaired) electrons. The maximum Gasteiger partial charge on any atom is 0.322 e. The molecule has 0 aromatic heterocycles. The van der Waals surface area contributed by atoms with Crippen LogP contribution in [0.25, 0.3) is 0 Å². The van der Waals surface area contributed by atoms with Crippen LogP contribution >= 0.6 is 0 Å². The molecule has 0 spiro atoms. The molecule has 4 amide bonds. The molecule has 1 aromatic rings. The van der Waals surface area contributed by atoms with E-state index in [1.165, 1.54) is 6.07 Å². The Morgan fingerprint density at radius 1 is 1.32 bits per heavy atom. The molecule has 2 aliphatic rings. The lowest BCUT2D eigenvalue weighted by Crippen LogP contribution is -2.45. The van der Waals surface area contributed by atoms with Crippen LogP contribution < -0.4 is 10.6 Å². The molecular weight excluding hydrogens is 325 g/mol. The second-order valence-electron chi connectivity index (χ2n) is 6.95. The number of hydrogen-bond donors (Lipinski definition) is 2. The first kappa shape index (κ1) is 17.4. The summed E-state index contributed by atoms with van der Waals surface area (Å²) in [5.41, 5.74) is -0.0444. The van der Waals surface area contributed by atoms with Gasteiger partial charge in [0, 0.05) is 19.5 Å². The van der Waals surface area contributed by atoms with Gasteiger partial charge in [0.05, 0.1) is 0 Å². The van der Waals surface area contributed by atoms with E-state index in [4.69, 9.17) is 0 Å². The van der Waals surface area contributed by atoms with E-state index in [1.54, 1.807) is 24.0 Å². The van der Waals surface area contributed by atoms with Crippen molar-refractivity contribution in [2.24, 2.45) is 0 Å². The fraction of sp³-hybridized carbons (Fsp3) is 0.500. The van der Waals surface area contributed by atoms with Crippen LogP contribution in [0.4, 0.5) is 9.18 Å². The molecular formula is C18H22FN3O3. The summed E-state index contributed by atoms with van der Waals surface area (Å²) in [6, 6.07) is 6.11. The maximum atomic E-state index is 13.3. The van der Waals surface area contributed by atoms with Crippen molar-refractivity contribution in [2.45, 2.75) is 44.1 Å². The molecule has 2 N–H and O–H groups in total. The number of carbonyl (C=O) groups excluding carboxylic acids is 3. The van der Waals surface area contributed by atoms with Gasteiger partial charge < -0.3 is 10.2 Å². The third kappa shape index (κ3) is 3.81. The third-order valence-electron chi connectivity index (χ3n) is 5.12. The Kier molecular flexibility index (Phi) is 4.74. The number of hydrogen-bond acceptors (Lipinski definition) is 3. The molecule has 134 valence electrons. The van der Waals surface area contributed by atoms with Crippen LogP contribution in [-0.4, -0.2) is 41.4 Å². The summed E-state index contributed by atoms with van der Waals surface area (Å²) in [4.78, 5) is 37.2. The SMILES string of the molecule is CC1(CCC(=O)N2CCC(c3cccc(F)c3)CC2)NC(=O)NC1=O. The zero-order chi connectivity index (χ0) is 18.0. The van der Waals surface area contributed by atoms with Gasteiger partial charge in [0.2, 0.25) is 5.91 Å². The summed E-state index contributed by atoms with van der Waals surface area (Å²) < 4.78 is 13.3. The monoisotopic (exact) mass is 347 g/mol. The van der Waals surface area contributed by atoms with Gasteiger partial charge in [0.25, 0.3) is 5.91 Å². The minimum absolute atomic E-state index is 0.0205. The van der Waals surface area contributed by atoms with E-state index in [2.05, 4.69) is 10.6 Å². The smallest absolute Gasteiger partial charge is 0.322 e. The normalized spacial score (nSPS) is 24.2. The molecule has 6 nitrogen and oxygen atoms in total. The van der Waals surface area contributed by atoms with Gasteiger partial charge in [0.15, 0.2) is 0 Å². The first-order chi connectivity index (χ1) is 11.9. The number of nitrogens with one attached hydrogen (secondary N) is 2. The molecule has 7 heteroatoms. The minimum Gasteiger partial charge on any atom is -0.343 e. The summed E-state index contributed by atoms with van der Waals surface area (Å²) >= 11 is 0. The van der Waals surface area contributed by atoms with Crippen molar-refractivity contribution in [3.8, 4) is 0 Å². The van der Waals surface area contributed by atoms with Gasteiger partial charge in [-0.1, -0.05) is 12.1 Å². The number of piperidine rings is 1. The summed E-state index contributed by atoms with van der Waals surface area (Å²) in [6.07, 6.45) is 2.06. The molecule has 1 atom stereocenters. The van der Waals surface area contributed by atoms with E-state index in [0.29, 0.717) is 13.1 Å². The first-order valence-corrected chi connectivity index (χ1v) is 8.54. The Morgan fingerprint density at radius 3 is 2.64 bits per heavy atom. The first-order valence-electron chi connectivity index (χ1n) is 8.54. The van der Waals surface area contributed by atoms with E-state index in [0.717, 1.165) is 18.4 Å². The molecule has 1 aromatic carbocycles. The summed E-state index contributed by atoms with van der Waals surface area (Å²) in [5.74, 6) is -0.388. The largest absolute Gasteiger partial charge is 0.343 e. The Morgan fingerprint density at radius 2 is 2.04 bits per heavy atom. The number of imide groups is 1. The standard InChI is InChI=1S/C18H22FN3O3/c1-18(16(24)20-17(25)21-18)8-5-15(23)22-9-6-12(7-10-22)13-3-2-4-14(19)11-13/h2-4,11-12H,5-10H2,1H3,(H2,20,21,24,25). The molecule has 25 heavy (non-hydrogen) atoms. The molecule has 1 unspecified atom stereocenters. The zero-order valence-electron chi connectivity index (χ0n) is 14.2. The number of nitrogens with zero attached hydrogens (tertiary/aromatic N) is 1. The van der Waals surface area contributed by atoms with Crippen molar-refractivity contribution >= 4 is 17.8 Å². The van der Waals surface area contributed by atoms with Gasteiger partial charge in [-0.25, -0.2) is 9.18 Å². The highest BCUT2D eigenvalue weighted by atomic mass is 19.1. The predicted octanol–water partition coefficient (Wildman–Crippen LogP) is 1.91. The second-order valence-corrected chi connectivity index (χ2v) is 6.95. The van der Waals surface area contributed by atoms with Crippen LogP contribution in [0, 0.1) is 5.82 Å². The van der Waals surface area contributed by atoms with Gasteiger partial charge in [-0.3, -0.25) is 14.9 Å². The van der Waals surface area contributed by atoms with E-state index in [-0.39, 0.29) is 30.5 Å². The summed E-state index contributed by atoms with van der Waals surface area (Å²) in [5, 5.41) is 4.76. The van der Waals surface area contributed by atoms with Crippen molar-refractivity contribution < 1.29 is 18.8 Å². The number of likely N-dealkylation sites (tertiary alicyclic amines) is 1. The number of carbonyl (C=O) groups is 3. The topological polar surface area (TPSA) is 78.5 Å². The number of rotatable bonds is 4. The highest BCUT2D eigenvalue weighted by Crippen LogP contribution is 2.29. The van der Waals surface area contributed by atoms with Crippen LogP contribution in [-0.2, 0) is 9.59 Å². The predicted molar refractivity (Wildman–Crippen MR) is 89.3 cm³/mol. The average Bonchev–Trinajstić information content (AvgIpc) is 2.85. The second kappa shape index (κ2) is 6.82. The Hall–Kier alpha value is -2.44. The molecule has 2 saturated heterocycles. The Bertz CT molecular complexity index is 701. The van der Waals surface area contributed by atoms with Gasteiger partial charge in [-0.05, 0) is 49.8 Å². The van der Waals surface area contributed by atoms with E-state index in [1.807, 2.05) is 6.07 Å². The van der Waals surface area contributed by atoms with Crippen LogP contribution in [0.5, 0.6) is 0 Å². The highest BCUT2D eigenvalue weighted by Gasteiger charge is 2.42. The molecule has 0 aliphatic carbocycles. The Labute approximate surface area is 145 Å². The van der Waals surface area contributed by atoms with E-state index < -0.39 is 17.5 Å². The van der Waals surface area contributed by atoms with E-state index >= 15 is 0 Å². The number of urea groups is 1. The van der Waals surface area contributed by atoms with Crippen molar-refractivity contribution in [3.05, 3.63) is 35.6 Å². The summed E-state index contributed by atoms with van der Waals surface area (Å²) in [6.45, 7) is 2.86. The van der Waals surface area contributed by atoms with Gasteiger partial charge in [0.1, 0.15) is 11.4 Å². The number of halogens is 1. The van der Waals surface area contributed by atoms with Crippen LogP contribution in [0.2, 0.25) is 0 Å². The van der Waals surface area contributed by atoms with Crippen LogP contribution in [0.15, 0.2) is 24.3 Å². The Balaban J connectivity index is 1.50. The maximum absolute atomic E-state index is 13.3. The molecule has 2 aliphatic heterocycles. The average molecular weight is 347 g/mol. The summed E-state index contributed by atoms with van der Waals surface area (Å²) in [7, 11) is 0. The highest BCUT2D eigenvalue weighted by molar-refractivity contribution is 6.06. The van der Waals surface area contributed by atoms with E-state index in [9.17, 15) is 18.8 Å². The van der Waals surface area contributed by atoms with Gasteiger partial charge in [-0.15, -0.1) is 0 Å². The van der Waals surface area contributed by atoms with Crippen molar-refractivity contribution in [1.29, 1.82) is 0 Å². The number of amides is 4. The minimum atomic E-state index is -1.02. The number of benzene rings is 1. The molecule has 2 fully saturated rings. The zero-order valence-corrected chi connectivity index (χ0v) is 14.2. The van der Waals surface area contributed by atoms with Crippen LogP contribution in [0.1, 0.15) is 44.1 Å². The van der Waals surface area contributed by atoms with Crippen LogP contribution in [0.3, 0.4) is 0 Å². The molecule has 0 bridgehead atoms. The lowest BCUT2D eigenvalue weighted by molar-refractivity contribution is -0.133. The quantitative estimate of drug-likeness (QED) is 0.817. The molecule has 0 saturated carbocycles. The fourth-order valence-corrected chi connectivity index (χ4v) is 3.49. The lowest BCUT2D eigenvalue weighted by Gasteiger charge is -2.33. The molecule has 3 rings (SSSR count). The van der Waals surface area contributed by atoms with Gasteiger partial charge in [-0.2, -0.15) is 0 Å². The lowest BCUT2D eigenvalue weighted by atomic mass is 9.89. The van der Waals surface area contributed by atoms with Gasteiger partial charge >= 0.3 is 6.03 Å².